The lowest BCUT2D eigenvalue weighted by molar-refractivity contribution is 0.0999. The lowest BCUT2D eigenvalue weighted by Gasteiger charge is -1.79. The molecule has 0 fully saturated rings. The van der Waals surface area contributed by atoms with Crippen molar-refractivity contribution in [2.24, 2.45) is 11.5 Å². The Balaban J connectivity index is 2.88. The van der Waals surface area contributed by atoms with Crippen molar-refractivity contribution >= 4 is 17.2 Å². The van der Waals surface area contributed by atoms with E-state index in [0.29, 0.717) is 11.6 Å². The molecule has 4 N–H and O–H groups in total. The van der Waals surface area contributed by atoms with Crippen molar-refractivity contribution in [3.63, 3.8) is 0 Å². The fraction of sp³-hybridized carbons (Fsp3) is 0.250. The van der Waals surface area contributed by atoms with E-state index in [1.54, 1.807) is 0 Å². The van der Waals surface area contributed by atoms with E-state index < -0.39 is 5.91 Å². The minimum atomic E-state index is -0.558. The highest BCUT2D eigenvalue weighted by Gasteiger charge is 2.06. The third-order valence-corrected chi connectivity index (χ3v) is 1.81. The molecule has 1 aromatic rings. The van der Waals surface area contributed by atoms with Crippen molar-refractivity contribution < 1.29 is 4.79 Å². The number of amides is 1. The van der Waals surface area contributed by atoms with Crippen LogP contribution >= 0.6 is 11.3 Å². The number of aromatic nitrogens is 2. The first-order valence-corrected chi connectivity index (χ1v) is 3.38. The number of hydrogen-bond donors (Lipinski definition) is 2. The summed E-state index contributed by atoms with van der Waals surface area (Å²) in [5, 5.41) is 7.93. The van der Waals surface area contributed by atoms with E-state index in [9.17, 15) is 4.79 Å². The monoisotopic (exact) mass is 158 g/mol. The molecule has 0 aliphatic heterocycles. The minimum absolute atomic E-state index is 0.209. The molecule has 0 saturated heterocycles. The first-order chi connectivity index (χ1) is 4.74. The van der Waals surface area contributed by atoms with Gasteiger partial charge < -0.3 is 11.5 Å². The van der Waals surface area contributed by atoms with E-state index in [1.807, 2.05) is 0 Å². The summed E-state index contributed by atoms with van der Waals surface area (Å²) in [7, 11) is 0. The van der Waals surface area contributed by atoms with E-state index >= 15 is 0 Å². The second-order valence-electron chi connectivity index (χ2n) is 1.57. The normalized spacial score (nSPS) is 9.70. The summed E-state index contributed by atoms with van der Waals surface area (Å²) in [6, 6.07) is 0. The fourth-order valence-electron chi connectivity index (χ4n) is 0.436. The van der Waals surface area contributed by atoms with Gasteiger partial charge in [-0.15, -0.1) is 10.2 Å². The molecule has 0 aromatic carbocycles. The summed E-state index contributed by atoms with van der Waals surface area (Å²) in [5.41, 5.74) is 10.1. The molecule has 1 aromatic heterocycles. The summed E-state index contributed by atoms with van der Waals surface area (Å²) < 4.78 is 0. The Hall–Kier alpha value is -1.01. The van der Waals surface area contributed by atoms with Crippen LogP contribution in [0.5, 0.6) is 0 Å². The Labute approximate surface area is 61.1 Å². The summed E-state index contributed by atoms with van der Waals surface area (Å²) in [6.45, 7) is 0.297. The number of carbonyl (C=O) groups excluding carboxylic acids is 1. The van der Waals surface area contributed by atoms with Crippen LogP contribution in [0.15, 0.2) is 0 Å². The van der Waals surface area contributed by atoms with E-state index in [0.717, 1.165) is 11.3 Å². The van der Waals surface area contributed by atoms with Crippen LogP contribution in [0.1, 0.15) is 14.8 Å². The van der Waals surface area contributed by atoms with Gasteiger partial charge in [-0.25, -0.2) is 0 Å². The third kappa shape index (κ3) is 1.28. The molecule has 10 heavy (non-hydrogen) atoms. The molecular formula is C4H6N4OS. The van der Waals surface area contributed by atoms with E-state index in [2.05, 4.69) is 10.2 Å². The largest absolute Gasteiger partial charge is 0.363 e. The van der Waals surface area contributed by atoms with Crippen molar-refractivity contribution in [1.82, 2.24) is 10.2 Å². The summed E-state index contributed by atoms with van der Waals surface area (Å²) in [4.78, 5) is 10.4. The lowest BCUT2D eigenvalue weighted by Crippen LogP contribution is -2.10. The summed E-state index contributed by atoms with van der Waals surface area (Å²) >= 11 is 1.12. The molecule has 0 bridgehead atoms. The van der Waals surface area contributed by atoms with Gasteiger partial charge in [0.25, 0.3) is 5.91 Å². The van der Waals surface area contributed by atoms with Gasteiger partial charge >= 0.3 is 0 Å². The van der Waals surface area contributed by atoms with Gasteiger partial charge in [0.2, 0.25) is 5.01 Å². The first-order valence-electron chi connectivity index (χ1n) is 2.56. The molecule has 54 valence electrons. The number of rotatable bonds is 2. The van der Waals surface area contributed by atoms with Gasteiger partial charge in [-0.05, 0) is 0 Å². The zero-order chi connectivity index (χ0) is 7.56. The zero-order valence-corrected chi connectivity index (χ0v) is 5.89. The topological polar surface area (TPSA) is 94.9 Å². The molecule has 1 rings (SSSR count). The Bertz CT molecular complexity index is 245. The predicted molar refractivity (Wildman–Crippen MR) is 36.3 cm³/mol. The number of carbonyl (C=O) groups is 1. The summed E-state index contributed by atoms with van der Waals surface area (Å²) in [5.74, 6) is -0.558. The summed E-state index contributed by atoms with van der Waals surface area (Å²) in [6.07, 6.45) is 0. The Morgan fingerprint density at radius 3 is 2.60 bits per heavy atom. The van der Waals surface area contributed by atoms with Gasteiger partial charge in [-0.3, -0.25) is 4.79 Å². The average Bonchev–Trinajstić information content (AvgIpc) is 2.34. The van der Waals surface area contributed by atoms with Gasteiger partial charge in [0, 0.05) is 6.54 Å². The van der Waals surface area contributed by atoms with Crippen molar-refractivity contribution in [3.05, 3.63) is 10.0 Å². The average molecular weight is 158 g/mol. The molecule has 0 aliphatic rings. The van der Waals surface area contributed by atoms with Gasteiger partial charge in [-0.2, -0.15) is 0 Å². The number of hydrogen-bond acceptors (Lipinski definition) is 5. The van der Waals surface area contributed by atoms with Crippen molar-refractivity contribution in [2.75, 3.05) is 0 Å². The molecule has 0 atom stereocenters. The van der Waals surface area contributed by atoms with Crippen LogP contribution in [0.2, 0.25) is 0 Å². The smallest absolute Gasteiger partial charge is 0.279 e. The molecule has 1 amide bonds. The van der Waals surface area contributed by atoms with Crippen LogP contribution in [0, 0.1) is 0 Å². The van der Waals surface area contributed by atoms with Gasteiger partial charge in [-0.1, -0.05) is 11.3 Å². The number of primary amides is 1. The van der Waals surface area contributed by atoms with Crippen LogP contribution in [0.4, 0.5) is 0 Å². The molecule has 6 heteroatoms. The Morgan fingerprint density at radius 1 is 1.60 bits per heavy atom. The second kappa shape index (κ2) is 2.72. The maximum absolute atomic E-state index is 10.4. The van der Waals surface area contributed by atoms with Crippen LogP contribution in [0.25, 0.3) is 0 Å². The highest BCUT2D eigenvalue weighted by molar-refractivity contribution is 7.13. The number of nitrogens with two attached hydrogens (primary N) is 2. The molecule has 0 spiro atoms. The number of nitrogens with zero attached hydrogens (tertiary/aromatic N) is 2. The van der Waals surface area contributed by atoms with Crippen molar-refractivity contribution in [1.29, 1.82) is 0 Å². The SMILES string of the molecule is NCc1nnc(C(N)=O)s1. The highest BCUT2D eigenvalue weighted by atomic mass is 32.1. The van der Waals surface area contributed by atoms with Crippen LogP contribution in [-0.2, 0) is 6.54 Å². The molecule has 0 aliphatic carbocycles. The lowest BCUT2D eigenvalue weighted by atomic mass is 10.7. The maximum atomic E-state index is 10.4. The Kier molecular flexibility index (Phi) is 1.93. The van der Waals surface area contributed by atoms with Crippen LogP contribution in [0.3, 0.4) is 0 Å². The maximum Gasteiger partial charge on any atom is 0.279 e. The zero-order valence-electron chi connectivity index (χ0n) is 5.07. The van der Waals surface area contributed by atoms with E-state index in [4.69, 9.17) is 11.5 Å². The third-order valence-electron chi connectivity index (χ3n) is 0.852. The van der Waals surface area contributed by atoms with Crippen molar-refractivity contribution in [3.8, 4) is 0 Å². The van der Waals surface area contributed by atoms with Gasteiger partial charge in [0.15, 0.2) is 0 Å². The quantitative estimate of drug-likeness (QED) is 0.582. The highest BCUT2D eigenvalue weighted by Crippen LogP contribution is 2.06. The van der Waals surface area contributed by atoms with Crippen LogP contribution < -0.4 is 11.5 Å². The van der Waals surface area contributed by atoms with Gasteiger partial charge in [0.05, 0.1) is 0 Å². The van der Waals surface area contributed by atoms with E-state index in [1.165, 1.54) is 0 Å². The van der Waals surface area contributed by atoms with Gasteiger partial charge in [0.1, 0.15) is 5.01 Å². The first kappa shape index (κ1) is 7.10. The molecule has 1 heterocycles. The molecule has 5 nitrogen and oxygen atoms in total. The molecule has 0 saturated carbocycles. The Morgan fingerprint density at radius 2 is 2.30 bits per heavy atom. The fourth-order valence-corrected chi connectivity index (χ4v) is 1.01. The minimum Gasteiger partial charge on any atom is -0.363 e. The van der Waals surface area contributed by atoms with Crippen molar-refractivity contribution in [2.45, 2.75) is 6.54 Å². The molecular weight excluding hydrogens is 152 g/mol. The molecule has 0 unspecified atom stereocenters. The predicted octanol–water partition coefficient (Wildman–Crippen LogP) is -0.904. The second-order valence-corrected chi connectivity index (χ2v) is 2.63. The van der Waals surface area contributed by atoms with Crippen LogP contribution in [-0.4, -0.2) is 16.1 Å². The standard InChI is InChI=1S/C4H6N4OS/c5-1-2-7-8-4(10-2)3(6)9/h1,5H2,(H2,6,9). The van der Waals surface area contributed by atoms with E-state index in [-0.39, 0.29) is 5.01 Å². The molecule has 0 radical (unpaired) electrons.